The fourth-order valence-corrected chi connectivity index (χ4v) is 1.87. The van der Waals surface area contributed by atoms with E-state index >= 15 is 0 Å². The summed E-state index contributed by atoms with van der Waals surface area (Å²) in [6.45, 7) is 8.58. The van der Waals surface area contributed by atoms with Gasteiger partial charge in [-0.15, -0.1) is 0 Å². The molecule has 1 aliphatic carbocycles. The Morgan fingerprint density at radius 1 is 1.28 bits per heavy atom. The number of hydrogen-bond acceptors (Lipinski definition) is 3. The lowest BCUT2D eigenvalue weighted by atomic mass is 10.2. The minimum Gasteiger partial charge on any atom is -0.353 e. The molecule has 5 heteroatoms. The smallest absolute Gasteiger partial charge is 0.237 e. The van der Waals surface area contributed by atoms with Crippen molar-refractivity contribution < 1.29 is 9.59 Å². The summed E-state index contributed by atoms with van der Waals surface area (Å²) in [5, 5.41) is 5.80. The van der Waals surface area contributed by atoms with Gasteiger partial charge < -0.3 is 10.2 Å². The molecule has 2 amide bonds. The van der Waals surface area contributed by atoms with E-state index in [-0.39, 0.29) is 30.4 Å². The molecule has 0 spiro atoms. The molecule has 0 aliphatic heterocycles. The number of carbonyl (C=O) groups excluding carboxylic acids is 2. The van der Waals surface area contributed by atoms with E-state index in [1.165, 1.54) is 0 Å². The zero-order valence-corrected chi connectivity index (χ0v) is 11.8. The number of nitrogens with zero attached hydrogens (tertiary/aromatic N) is 1. The Morgan fingerprint density at radius 2 is 1.89 bits per heavy atom. The summed E-state index contributed by atoms with van der Waals surface area (Å²) in [7, 11) is 0. The van der Waals surface area contributed by atoms with E-state index in [4.69, 9.17) is 0 Å². The third-order valence-corrected chi connectivity index (χ3v) is 3.03. The standard InChI is InChI=1S/C13H25N3O2/c1-5-16(11-6-7-11)12(17)8-14-10(4)13(18)15-9(2)3/h9-11,14H,5-8H2,1-4H3,(H,15,18). The Hall–Kier alpha value is -1.10. The second-order valence-corrected chi connectivity index (χ2v) is 5.18. The lowest BCUT2D eigenvalue weighted by molar-refractivity contribution is -0.131. The largest absolute Gasteiger partial charge is 0.353 e. The van der Waals surface area contributed by atoms with E-state index in [0.717, 1.165) is 19.4 Å². The van der Waals surface area contributed by atoms with Gasteiger partial charge in [0, 0.05) is 18.6 Å². The molecule has 1 aliphatic rings. The van der Waals surface area contributed by atoms with Gasteiger partial charge in [-0.1, -0.05) is 0 Å². The summed E-state index contributed by atoms with van der Waals surface area (Å²) in [6, 6.07) is 0.217. The summed E-state index contributed by atoms with van der Waals surface area (Å²) in [6.07, 6.45) is 2.23. The van der Waals surface area contributed by atoms with Crippen molar-refractivity contribution in [2.24, 2.45) is 0 Å². The Labute approximate surface area is 109 Å². The number of amides is 2. The molecule has 5 nitrogen and oxygen atoms in total. The van der Waals surface area contributed by atoms with Crippen LogP contribution in [0.2, 0.25) is 0 Å². The van der Waals surface area contributed by atoms with Crippen LogP contribution in [0.3, 0.4) is 0 Å². The minimum atomic E-state index is -0.339. The van der Waals surface area contributed by atoms with Gasteiger partial charge >= 0.3 is 0 Å². The quantitative estimate of drug-likeness (QED) is 0.696. The molecule has 1 rings (SSSR count). The van der Waals surface area contributed by atoms with Crippen LogP contribution in [0, 0.1) is 0 Å². The first-order valence-electron chi connectivity index (χ1n) is 6.79. The predicted octanol–water partition coefficient (Wildman–Crippen LogP) is 0.500. The summed E-state index contributed by atoms with van der Waals surface area (Å²) < 4.78 is 0. The van der Waals surface area contributed by atoms with Gasteiger partial charge in [0.25, 0.3) is 0 Å². The van der Waals surface area contributed by atoms with Gasteiger partial charge in [-0.25, -0.2) is 0 Å². The SMILES string of the molecule is CCN(C(=O)CNC(C)C(=O)NC(C)C)C1CC1. The topological polar surface area (TPSA) is 61.4 Å². The maximum Gasteiger partial charge on any atom is 0.237 e. The van der Waals surface area contributed by atoms with Crippen LogP contribution in [-0.2, 0) is 9.59 Å². The average Bonchev–Trinajstić information content (AvgIpc) is 3.10. The van der Waals surface area contributed by atoms with Crippen molar-refractivity contribution in [1.29, 1.82) is 0 Å². The van der Waals surface area contributed by atoms with E-state index in [1.807, 2.05) is 25.7 Å². The summed E-state index contributed by atoms with van der Waals surface area (Å²) in [4.78, 5) is 25.5. The monoisotopic (exact) mass is 255 g/mol. The van der Waals surface area contributed by atoms with Crippen molar-refractivity contribution >= 4 is 11.8 Å². The molecule has 18 heavy (non-hydrogen) atoms. The molecule has 0 radical (unpaired) electrons. The van der Waals surface area contributed by atoms with E-state index < -0.39 is 0 Å². The first-order chi connectivity index (χ1) is 8.45. The second-order valence-electron chi connectivity index (χ2n) is 5.18. The van der Waals surface area contributed by atoms with Crippen molar-refractivity contribution in [3.63, 3.8) is 0 Å². The van der Waals surface area contributed by atoms with Crippen molar-refractivity contribution in [3.05, 3.63) is 0 Å². The number of rotatable bonds is 7. The summed E-state index contributed by atoms with van der Waals surface area (Å²) in [5.41, 5.74) is 0. The van der Waals surface area contributed by atoms with Gasteiger partial charge in [0.15, 0.2) is 0 Å². The third kappa shape index (κ3) is 4.64. The average molecular weight is 255 g/mol. The number of hydrogen-bond donors (Lipinski definition) is 2. The number of nitrogens with one attached hydrogen (secondary N) is 2. The molecule has 0 saturated heterocycles. The highest BCUT2D eigenvalue weighted by Crippen LogP contribution is 2.26. The molecule has 0 aromatic carbocycles. The van der Waals surface area contributed by atoms with Crippen molar-refractivity contribution in [2.75, 3.05) is 13.1 Å². The maximum atomic E-state index is 11.9. The van der Waals surface area contributed by atoms with Gasteiger partial charge in [0.2, 0.25) is 11.8 Å². The Bertz CT molecular complexity index is 301. The van der Waals surface area contributed by atoms with E-state index in [2.05, 4.69) is 10.6 Å². The Balaban J connectivity index is 2.30. The van der Waals surface area contributed by atoms with Crippen LogP contribution in [0.4, 0.5) is 0 Å². The molecular formula is C13H25N3O2. The fourth-order valence-electron chi connectivity index (χ4n) is 1.87. The lowest BCUT2D eigenvalue weighted by Crippen LogP contribution is -2.48. The van der Waals surface area contributed by atoms with Crippen LogP contribution in [0.15, 0.2) is 0 Å². The van der Waals surface area contributed by atoms with Gasteiger partial charge in [-0.05, 0) is 40.5 Å². The molecule has 1 saturated carbocycles. The highest BCUT2D eigenvalue weighted by molar-refractivity contribution is 5.83. The zero-order valence-electron chi connectivity index (χ0n) is 11.8. The lowest BCUT2D eigenvalue weighted by Gasteiger charge is -2.22. The predicted molar refractivity (Wildman–Crippen MR) is 71.2 cm³/mol. The highest BCUT2D eigenvalue weighted by atomic mass is 16.2. The van der Waals surface area contributed by atoms with Gasteiger partial charge in [-0.2, -0.15) is 0 Å². The van der Waals surface area contributed by atoms with Crippen LogP contribution in [-0.4, -0.2) is 47.9 Å². The fraction of sp³-hybridized carbons (Fsp3) is 0.846. The molecule has 0 heterocycles. The number of carbonyl (C=O) groups is 2. The molecule has 104 valence electrons. The first kappa shape index (κ1) is 15.0. The zero-order chi connectivity index (χ0) is 13.7. The van der Waals surface area contributed by atoms with Crippen LogP contribution in [0.5, 0.6) is 0 Å². The van der Waals surface area contributed by atoms with E-state index in [1.54, 1.807) is 6.92 Å². The summed E-state index contributed by atoms with van der Waals surface area (Å²) >= 11 is 0. The van der Waals surface area contributed by atoms with Crippen LogP contribution >= 0.6 is 0 Å². The highest BCUT2D eigenvalue weighted by Gasteiger charge is 2.31. The number of likely N-dealkylation sites (N-methyl/N-ethyl adjacent to an activating group) is 1. The van der Waals surface area contributed by atoms with Crippen molar-refractivity contribution in [1.82, 2.24) is 15.5 Å². The van der Waals surface area contributed by atoms with Crippen LogP contribution < -0.4 is 10.6 Å². The van der Waals surface area contributed by atoms with Crippen molar-refractivity contribution in [3.8, 4) is 0 Å². The molecule has 1 atom stereocenters. The second kappa shape index (κ2) is 6.73. The normalized spacial score (nSPS) is 16.5. The molecule has 0 bridgehead atoms. The minimum absolute atomic E-state index is 0.0627. The van der Waals surface area contributed by atoms with Crippen LogP contribution in [0.25, 0.3) is 0 Å². The van der Waals surface area contributed by atoms with Gasteiger partial charge in [0.05, 0.1) is 12.6 Å². The van der Waals surface area contributed by atoms with E-state index in [9.17, 15) is 9.59 Å². The molecule has 2 N–H and O–H groups in total. The van der Waals surface area contributed by atoms with Crippen LogP contribution in [0.1, 0.15) is 40.5 Å². The van der Waals surface area contributed by atoms with Crippen molar-refractivity contribution in [2.45, 2.75) is 58.7 Å². The van der Waals surface area contributed by atoms with Gasteiger partial charge in [0.1, 0.15) is 0 Å². The molecule has 1 fully saturated rings. The molecule has 0 aromatic rings. The first-order valence-corrected chi connectivity index (χ1v) is 6.79. The molecule has 0 aromatic heterocycles. The Kier molecular flexibility index (Phi) is 5.59. The van der Waals surface area contributed by atoms with Gasteiger partial charge in [-0.3, -0.25) is 14.9 Å². The summed E-state index contributed by atoms with van der Waals surface area (Å²) in [5.74, 6) is 0.0245. The Morgan fingerprint density at radius 3 is 2.33 bits per heavy atom. The maximum absolute atomic E-state index is 11.9. The molecular weight excluding hydrogens is 230 g/mol. The molecule has 1 unspecified atom stereocenters. The van der Waals surface area contributed by atoms with E-state index in [0.29, 0.717) is 6.04 Å². The third-order valence-electron chi connectivity index (χ3n) is 3.03.